The number of thioether (sulfide) groups is 3. The van der Waals surface area contributed by atoms with E-state index in [-0.39, 0.29) is 8.16 Å². The van der Waals surface area contributed by atoms with Gasteiger partial charge in [0.2, 0.25) is 0 Å². The quantitative estimate of drug-likeness (QED) is 0.562. The van der Waals surface area contributed by atoms with Gasteiger partial charge in [-0.25, -0.2) is 0 Å². The van der Waals surface area contributed by atoms with Gasteiger partial charge in [0, 0.05) is 9.49 Å². The maximum absolute atomic E-state index is 2.35. The molecule has 104 valence electrons. The van der Waals surface area contributed by atoms with E-state index in [1.54, 1.807) is 0 Å². The van der Waals surface area contributed by atoms with Gasteiger partial charge in [0.25, 0.3) is 0 Å². The van der Waals surface area contributed by atoms with Crippen molar-refractivity contribution in [3.63, 3.8) is 0 Å². The van der Waals surface area contributed by atoms with Crippen molar-refractivity contribution in [1.82, 2.24) is 0 Å². The van der Waals surface area contributed by atoms with Gasteiger partial charge < -0.3 is 0 Å². The number of hydrogen-bond donors (Lipinski definition) is 0. The predicted octanol–water partition coefficient (Wildman–Crippen LogP) is 6.26. The molecule has 0 saturated carbocycles. The summed E-state index contributed by atoms with van der Waals surface area (Å²) in [6.07, 6.45) is 0. The minimum Gasteiger partial charge on any atom is -0.139 e. The van der Waals surface area contributed by atoms with Gasteiger partial charge >= 0.3 is 0 Å². The van der Waals surface area contributed by atoms with Gasteiger partial charge in [-0.05, 0) is 27.7 Å². The largest absolute Gasteiger partial charge is 0.139 e. The van der Waals surface area contributed by atoms with E-state index in [0.717, 1.165) is 0 Å². The van der Waals surface area contributed by atoms with Crippen LogP contribution in [0.15, 0.2) is 0 Å². The molecule has 0 nitrogen and oxygen atoms in total. The Bertz CT molecular complexity index is 215. The molecular weight excluding hydrogens is 264 g/mol. The maximum atomic E-state index is 2.35. The molecule has 0 saturated heterocycles. The molecule has 0 bridgehead atoms. The highest BCUT2D eigenvalue weighted by atomic mass is 32.2. The van der Waals surface area contributed by atoms with Crippen LogP contribution in [0.25, 0.3) is 0 Å². The molecule has 0 aromatic carbocycles. The summed E-state index contributed by atoms with van der Waals surface area (Å²) in [7, 11) is 0. The van der Waals surface area contributed by atoms with Crippen LogP contribution in [0.1, 0.15) is 69.2 Å². The lowest BCUT2D eigenvalue weighted by Crippen LogP contribution is -2.28. The second-order valence-corrected chi connectivity index (χ2v) is 15.0. The lowest BCUT2D eigenvalue weighted by molar-refractivity contribution is 0.783. The van der Waals surface area contributed by atoms with Crippen molar-refractivity contribution >= 4 is 35.3 Å². The molecule has 0 rings (SSSR count). The van der Waals surface area contributed by atoms with Crippen molar-refractivity contribution in [2.24, 2.45) is 0 Å². The van der Waals surface area contributed by atoms with Gasteiger partial charge in [-0.2, -0.15) is 0 Å². The van der Waals surface area contributed by atoms with Crippen LogP contribution in [-0.4, -0.2) is 17.7 Å². The van der Waals surface area contributed by atoms with Gasteiger partial charge in [-0.15, -0.1) is 35.3 Å². The molecule has 0 amide bonds. The summed E-state index contributed by atoms with van der Waals surface area (Å²) in [6, 6.07) is 0. The average Bonchev–Trinajstić information content (AvgIpc) is 1.65. The molecule has 0 unspecified atom stereocenters. The summed E-state index contributed by atoms with van der Waals surface area (Å²) in [5.41, 5.74) is 0. The molecule has 0 aliphatic heterocycles. The van der Waals surface area contributed by atoms with Crippen LogP contribution in [0.2, 0.25) is 0 Å². The minimum absolute atomic E-state index is 0.250. The highest BCUT2D eigenvalue weighted by molar-refractivity contribution is 8.26. The second kappa shape index (κ2) is 5.58. The minimum atomic E-state index is 0.250. The summed E-state index contributed by atoms with van der Waals surface area (Å²) >= 11 is 6.21. The van der Waals surface area contributed by atoms with E-state index in [0.29, 0.717) is 9.49 Å². The molecule has 0 heterocycles. The van der Waals surface area contributed by atoms with Crippen molar-refractivity contribution in [3.8, 4) is 0 Å². The topological polar surface area (TPSA) is 0 Å². The smallest absolute Gasteiger partial charge is 0.0574 e. The van der Waals surface area contributed by atoms with Crippen molar-refractivity contribution in [1.29, 1.82) is 0 Å². The third kappa shape index (κ3) is 10.6. The third-order valence-electron chi connectivity index (χ3n) is 1.60. The first-order valence-electron chi connectivity index (χ1n) is 6.22. The van der Waals surface area contributed by atoms with Gasteiger partial charge in [0.1, 0.15) is 0 Å². The van der Waals surface area contributed by atoms with Crippen LogP contribution in [0.3, 0.4) is 0 Å². The summed E-state index contributed by atoms with van der Waals surface area (Å²) in [4.78, 5) is 0. The van der Waals surface area contributed by atoms with E-state index >= 15 is 0 Å². The molecule has 0 aliphatic rings. The highest BCUT2D eigenvalue weighted by Crippen LogP contribution is 2.54. The van der Waals surface area contributed by atoms with Crippen LogP contribution in [0, 0.1) is 0 Å². The zero-order valence-electron chi connectivity index (χ0n) is 13.2. The summed E-state index contributed by atoms with van der Waals surface area (Å²) < 4.78 is 1.14. The van der Waals surface area contributed by atoms with Crippen LogP contribution >= 0.6 is 35.3 Å². The molecule has 0 radical (unpaired) electrons. The zero-order chi connectivity index (χ0) is 14.1. The van der Waals surface area contributed by atoms with Crippen molar-refractivity contribution in [2.75, 3.05) is 0 Å². The molecule has 0 spiro atoms. The SMILES string of the molecule is CC(C)(C)SC(C)(C)SC(C)(C)SC(C)(C)C. The predicted molar refractivity (Wildman–Crippen MR) is 90.4 cm³/mol. The molecular formula is C14H30S3. The van der Waals surface area contributed by atoms with Gasteiger partial charge in [-0.3, -0.25) is 0 Å². The summed E-state index contributed by atoms with van der Waals surface area (Å²) in [5, 5.41) is 0. The van der Waals surface area contributed by atoms with Crippen molar-refractivity contribution in [3.05, 3.63) is 0 Å². The van der Waals surface area contributed by atoms with E-state index in [4.69, 9.17) is 0 Å². The molecule has 17 heavy (non-hydrogen) atoms. The monoisotopic (exact) mass is 294 g/mol. The first kappa shape index (κ1) is 18.0. The Morgan fingerprint density at radius 1 is 0.412 bits per heavy atom. The standard InChI is InChI=1S/C14H30S3/c1-11(2,3)15-13(7,8)17-14(9,10)16-12(4,5)6/h1-10H3. The van der Waals surface area contributed by atoms with Crippen LogP contribution in [-0.2, 0) is 0 Å². The average molecular weight is 295 g/mol. The van der Waals surface area contributed by atoms with E-state index in [2.05, 4.69) is 105 Å². The Labute approximate surface area is 122 Å². The highest BCUT2D eigenvalue weighted by Gasteiger charge is 2.36. The van der Waals surface area contributed by atoms with E-state index in [1.807, 2.05) is 0 Å². The third-order valence-corrected chi connectivity index (χ3v) is 5.79. The Kier molecular flexibility index (Phi) is 5.93. The summed E-state index contributed by atoms with van der Waals surface area (Å²) in [6.45, 7) is 23.2. The van der Waals surface area contributed by atoms with Gasteiger partial charge in [-0.1, -0.05) is 41.5 Å². The summed E-state index contributed by atoms with van der Waals surface area (Å²) in [5.74, 6) is 0. The van der Waals surface area contributed by atoms with Crippen molar-refractivity contribution < 1.29 is 0 Å². The molecule has 3 heteroatoms. The van der Waals surface area contributed by atoms with Crippen LogP contribution < -0.4 is 0 Å². The Morgan fingerprint density at radius 3 is 0.824 bits per heavy atom. The number of rotatable bonds is 4. The fraction of sp³-hybridized carbons (Fsp3) is 1.00. The molecule has 0 atom stereocenters. The van der Waals surface area contributed by atoms with Gasteiger partial charge in [0.05, 0.1) is 8.16 Å². The zero-order valence-corrected chi connectivity index (χ0v) is 15.7. The van der Waals surface area contributed by atoms with Crippen LogP contribution in [0.5, 0.6) is 0 Å². The fourth-order valence-corrected chi connectivity index (χ4v) is 9.48. The normalized spacial score (nSPS) is 15.2. The Balaban J connectivity index is 4.59. The van der Waals surface area contributed by atoms with Crippen molar-refractivity contribution in [2.45, 2.75) is 86.9 Å². The lowest BCUT2D eigenvalue weighted by Gasteiger charge is -2.40. The molecule has 0 aromatic rings. The number of hydrogen-bond acceptors (Lipinski definition) is 3. The second-order valence-electron chi connectivity index (χ2n) is 7.33. The lowest BCUT2D eigenvalue weighted by atomic mass is 10.3. The molecule has 0 aliphatic carbocycles. The van der Waals surface area contributed by atoms with E-state index in [1.165, 1.54) is 0 Å². The van der Waals surface area contributed by atoms with E-state index < -0.39 is 0 Å². The molecule has 0 N–H and O–H groups in total. The molecule has 0 aromatic heterocycles. The first-order chi connectivity index (χ1) is 7.12. The maximum Gasteiger partial charge on any atom is 0.0574 e. The fourth-order valence-electron chi connectivity index (χ4n) is 2.11. The van der Waals surface area contributed by atoms with E-state index in [9.17, 15) is 0 Å². The van der Waals surface area contributed by atoms with Gasteiger partial charge in [0.15, 0.2) is 0 Å². The van der Waals surface area contributed by atoms with Crippen LogP contribution in [0.4, 0.5) is 0 Å². The Morgan fingerprint density at radius 2 is 0.647 bits per heavy atom. The molecule has 0 fully saturated rings. The first-order valence-corrected chi connectivity index (χ1v) is 8.67. The Hall–Kier alpha value is 1.05.